The number of rotatable bonds is 6. The van der Waals surface area contributed by atoms with Crippen LogP contribution in [-0.2, 0) is 0 Å². The Morgan fingerprint density at radius 3 is 2.18 bits per heavy atom. The van der Waals surface area contributed by atoms with Gasteiger partial charge in [-0.15, -0.1) is 0 Å². The molecule has 0 aromatic heterocycles. The fraction of sp³-hybridized carbons (Fsp3) is 1.00. The van der Waals surface area contributed by atoms with Crippen LogP contribution in [0.2, 0.25) is 0 Å². The van der Waals surface area contributed by atoms with Gasteiger partial charge >= 0.3 is 0 Å². The highest BCUT2D eigenvalue weighted by molar-refractivity contribution is 9.09. The minimum absolute atomic E-state index is 0.736. The maximum atomic E-state index is 3.69. The molecule has 0 aliphatic heterocycles. The SMILES string of the molecule is CCCCCCC(Br)C(C)C. The van der Waals surface area contributed by atoms with Gasteiger partial charge < -0.3 is 0 Å². The third-order valence-electron chi connectivity index (χ3n) is 2.06. The Balaban J connectivity index is 3.10. The average Bonchev–Trinajstić information content (AvgIpc) is 1.97. The molecule has 0 saturated heterocycles. The Bertz CT molecular complexity index is 78.9. The van der Waals surface area contributed by atoms with Gasteiger partial charge in [-0.3, -0.25) is 0 Å². The lowest BCUT2D eigenvalue weighted by Gasteiger charge is -2.12. The van der Waals surface area contributed by atoms with Crippen LogP contribution in [0.1, 0.15) is 52.9 Å². The number of hydrogen-bond donors (Lipinski definition) is 0. The first kappa shape index (κ1) is 11.5. The molecule has 0 rings (SSSR count). The Kier molecular flexibility index (Phi) is 7.46. The molecule has 0 heterocycles. The van der Waals surface area contributed by atoms with E-state index in [1.165, 1.54) is 32.1 Å². The summed E-state index contributed by atoms with van der Waals surface area (Å²) < 4.78 is 0. The van der Waals surface area contributed by atoms with Gasteiger partial charge in [0.2, 0.25) is 0 Å². The molecule has 1 atom stereocenters. The van der Waals surface area contributed by atoms with E-state index in [9.17, 15) is 0 Å². The molecule has 0 aromatic carbocycles. The van der Waals surface area contributed by atoms with E-state index in [4.69, 9.17) is 0 Å². The molecular weight excluding hydrogens is 200 g/mol. The van der Waals surface area contributed by atoms with Crippen LogP contribution in [-0.4, -0.2) is 4.83 Å². The van der Waals surface area contributed by atoms with Crippen LogP contribution < -0.4 is 0 Å². The molecule has 0 bridgehead atoms. The fourth-order valence-corrected chi connectivity index (χ4v) is 1.42. The fourth-order valence-electron chi connectivity index (χ4n) is 1.10. The second-order valence-electron chi connectivity index (χ2n) is 3.61. The normalized spacial score (nSPS) is 13.9. The molecule has 0 amide bonds. The van der Waals surface area contributed by atoms with Crippen LogP contribution in [0.4, 0.5) is 0 Å². The summed E-state index contributed by atoms with van der Waals surface area (Å²) in [7, 11) is 0. The number of halogens is 1. The van der Waals surface area contributed by atoms with Crippen molar-refractivity contribution in [2.24, 2.45) is 5.92 Å². The summed E-state index contributed by atoms with van der Waals surface area (Å²) in [6, 6.07) is 0. The van der Waals surface area contributed by atoms with Gasteiger partial charge in [-0.2, -0.15) is 0 Å². The standard InChI is InChI=1S/C10H21Br/c1-4-5-6-7-8-10(11)9(2)3/h9-10H,4-8H2,1-3H3. The first-order chi connectivity index (χ1) is 5.18. The summed E-state index contributed by atoms with van der Waals surface area (Å²) in [5.74, 6) is 0.789. The highest BCUT2D eigenvalue weighted by atomic mass is 79.9. The van der Waals surface area contributed by atoms with Gasteiger partial charge in [0.1, 0.15) is 0 Å². The van der Waals surface area contributed by atoms with Crippen LogP contribution in [0.3, 0.4) is 0 Å². The van der Waals surface area contributed by atoms with Gasteiger partial charge in [0, 0.05) is 4.83 Å². The van der Waals surface area contributed by atoms with Gasteiger partial charge in [0.05, 0.1) is 0 Å². The van der Waals surface area contributed by atoms with E-state index in [1.807, 2.05) is 0 Å². The molecular formula is C10H21Br. The predicted octanol–water partition coefficient (Wildman–Crippen LogP) is 4.38. The zero-order valence-corrected chi connectivity index (χ0v) is 9.65. The monoisotopic (exact) mass is 220 g/mol. The van der Waals surface area contributed by atoms with Crippen molar-refractivity contribution in [2.45, 2.75) is 57.7 Å². The van der Waals surface area contributed by atoms with Gasteiger partial charge in [0.15, 0.2) is 0 Å². The Labute approximate surface area is 79.9 Å². The maximum Gasteiger partial charge on any atom is 0.0168 e. The topological polar surface area (TPSA) is 0 Å². The van der Waals surface area contributed by atoms with Crippen molar-refractivity contribution in [3.63, 3.8) is 0 Å². The molecule has 0 nitrogen and oxygen atoms in total. The van der Waals surface area contributed by atoms with E-state index < -0.39 is 0 Å². The van der Waals surface area contributed by atoms with Crippen molar-refractivity contribution in [3.8, 4) is 0 Å². The smallest absolute Gasteiger partial charge is 0.0168 e. The maximum absolute atomic E-state index is 3.69. The molecule has 0 aliphatic carbocycles. The van der Waals surface area contributed by atoms with Crippen LogP contribution in [0.25, 0.3) is 0 Å². The van der Waals surface area contributed by atoms with Gasteiger partial charge in [-0.05, 0) is 12.3 Å². The van der Waals surface area contributed by atoms with Crippen LogP contribution in [0, 0.1) is 5.92 Å². The molecule has 0 aliphatic rings. The van der Waals surface area contributed by atoms with Gasteiger partial charge in [0.25, 0.3) is 0 Å². The molecule has 11 heavy (non-hydrogen) atoms. The van der Waals surface area contributed by atoms with E-state index in [0.717, 1.165) is 10.7 Å². The Morgan fingerprint density at radius 2 is 1.73 bits per heavy atom. The second-order valence-corrected chi connectivity index (χ2v) is 4.79. The van der Waals surface area contributed by atoms with Crippen LogP contribution >= 0.6 is 15.9 Å². The lowest BCUT2D eigenvalue weighted by atomic mass is 10.0. The summed E-state index contributed by atoms with van der Waals surface area (Å²) in [6.07, 6.45) is 6.89. The third-order valence-corrected chi connectivity index (χ3v) is 3.57. The van der Waals surface area contributed by atoms with Crippen molar-refractivity contribution in [2.75, 3.05) is 0 Å². The molecule has 0 aromatic rings. The molecule has 0 saturated carbocycles. The van der Waals surface area contributed by atoms with Crippen molar-refractivity contribution in [3.05, 3.63) is 0 Å². The molecule has 0 radical (unpaired) electrons. The summed E-state index contributed by atoms with van der Waals surface area (Å²) in [5.41, 5.74) is 0. The summed E-state index contributed by atoms with van der Waals surface area (Å²) in [4.78, 5) is 0.736. The van der Waals surface area contributed by atoms with E-state index in [0.29, 0.717) is 0 Å². The number of alkyl halides is 1. The summed E-state index contributed by atoms with van der Waals surface area (Å²) in [5, 5.41) is 0. The summed E-state index contributed by atoms with van der Waals surface area (Å²) in [6.45, 7) is 6.81. The largest absolute Gasteiger partial charge is 0.0888 e. The van der Waals surface area contributed by atoms with Crippen LogP contribution in [0.15, 0.2) is 0 Å². The van der Waals surface area contributed by atoms with Crippen molar-refractivity contribution in [1.82, 2.24) is 0 Å². The highest BCUT2D eigenvalue weighted by Gasteiger charge is 2.07. The zero-order valence-electron chi connectivity index (χ0n) is 8.07. The van der Waals surface area contributed by atoms with Gasteiger partial charge in [-0.25, -0.2) is 0 Å². The number of unbranched alkanes of at least 4 members (excludes halogenated alkanes) is 3. The quantitative estimate of drug-likeness (QED) is 0.461. The first-order valence-electron chi connectivity index (χ1n) is 4.82. The van der Waals surface area contributed by atoms with Crippen molar-refractivity contribution in [1.29, 1.82) is 0 Å². The predicted molar refractivity (Wildman–Crippen MR) is 56.3 cm³/mol. The van der Waals surface area contributed by atoms with E-state index in [-0.39, 0.29) is 0 Å². The van der Waals surface area contributed by atoms with E-state index >= 15 is 0 Å². The third kappa shape index (κ3) is 6.86. The van der Waals surface area contributed by atoms with E-state index in [2.05, 4.69) is 36.7 Å². The average molecular weight is 221 g/mol. The minimum Gasteiger partial charge on any atom is -0.0888 e. The minimum atomic E-state index is 0.736. The molecule has 0 spiro atoms. The highest BCUT2D eigenvalue weighted by Crippen LogP contribution is 2.19. The first-order valence-corrected chi connectivity index (χ1v) is 5.74. The van der Waals surface area contributed by atoms with E-state index in [1.54, 1.807) is 0 Å². The van der Waals surface area contributed by atoms with Gasteiger partial charge in [-0.1, -0.05) is 62.4 Å². The molecule has 1 heteroatoms. The Hall–Kier alpha value is 0.480. The second kappa shape index (κ2) is 7.15. The lowest BCUT2D eigenvalue weighted by molar-refractivity contribution is 0.539. The molecule has 68 valence electrons. The van der Waals surface area contributed by atoms with Crippen molar-refractivity contribution >= 4 is 15.9 Å². The molecule has 0 fully saturated rings. The number of hydrogen-bond acceptors (Lipinski definition) is 0. The molecule has 1 unspecified atom stereocenters. The molecule has 0 N–H and O–H groups in total. The summed E-state index contributed by atoms with van der Waals surface area (Å²) >= 11 is 3.69. The van der Waals surface area contributed by atoms with Crippen LogP contribution in [0.5, 0.6) is 0 Å². The lowest BCUT2D eigenvalue weighted by Crippen LogP contribution is -2.06. The zero-order chi connectivity index (χ0) is 8.69. The Morgan fingerprint density at radius 1 is 1.09 bits per heavy atom. The van der Waals surface area contributed by atoms with Crippen molar-refractivity contribution < 1.29 is 0 Å².